The van der Waals surface area contributed by atoms with Crippen LogP contribution in [0.25, 0.3) is 0 Å². The van der Waals surface area contributed by atoms with Gasteiger partial charge < -0.3 is 15.5 Å². The average Bonchev–Trinajstić information content (AvgIpc) is 2.91. The van der Waals surface area contributed by atoms with Crippen molar-refractivity contribution in [3.05, 3.63) is 16.1 Å². The van der Waals surface area contributed by atoms with Crippen molar-refractivity contribution in [1.29, 1.82) is 0 Å². The van der Waals surface area contributed by atoms with Gasteiger partial charge in [0.05, 0.1) is 6.54 Å². The van der Waals surface area contributed by atoms with Crippen molar-refractivity contribution in [2.75, 3.05) is 27.7 Å². The van der Waals surface area contributed by atoms with Crippen molar-refractivity contribution < 1.29 is 18.0 Å². The Morgan fingerprint density at radius 3 is 2.59 bits per heavy atom. The predicted molar refractivity (Wildman–Crippen MR) is 78.6 cm³/mol. The van der Waals surface area contributed by atoms with Crippen LogP contribution in [0.4, 0.5) is 13.2 Å². The summed E-state index contributed by atoms with van der Waals surface area (Å²) in [6.45, 7) is 0.504. The summed E-state index contributed by atoms with van der Waals surface area (Å²) in [6.07, 6.45) is -4.13. The summed E-state index contributed by atoms with van der Waals surface area (Å²) in [5.74, 6) is 0.369. The lowest BCUT2D eigenvalue weighted by atomic mass is 10.4. The first-order valence-corrected chi connectivity index (χ1v) is 7.28. The number of aromatic nitrogens is 1. The zero-order valence-electron chi connectivity index (χ0n) is 12.5. The van der Waals surface area contributed by atoms with Gasteiger partial charge in [-0.05, 0) is 0 Å². The second-order valence-corrected chi connectivity index (χ2v) is 5.46. The normalized spacial score (nSPS) is 12.2. The summed E-state index contributed by atoms with van der Waals surface area (Å²) in [7, 11) is 4.86. The number of amides is 1. The van der Waals surface area contributed by atoms with Crippen LogP contribution in [0.5, 0.6) is 0 Å². The number of thiazole rings is 1. The zero-order valence-corrected chi connectivity index (χ0v) is 13.3. The Morgan fingerprint density at radius 1 is 1.41 bits per heavy atom. The van der Waals surface area contributed by atoms with E-state index in [1.807, 2.05) is 0 Å². The number of rotatable bonds is 5. The van der Waals surface area contributed by atoms with Crippen molar-refractivity contribution in [2.45, 2.75) is 19.1 Å². The van der Waals surface area contributed by atoms with E-state index < -0.39 is 11.9 Å². The first kappa shape index (κ1) is 18.2. The quantitative estimate of drug-likeness (QED) is 0.628. The summed E-state index contributed by atoms with van der Waals surface area (Å²) in [5.41, 5.74) is -0.895. The van der Waals surface area contributed by atoms with Crippen LogP contribution in [0.1, 0.15) is 17.1 Å². The van der Waals surface area contributed by atoms with E-state index in [0.29, 0.717) is 23.9 Å². The van der Waals surface area contributed by atoms with Crippen molar-refractivity contribution in [2.24, 2.45) is 4.99 Å². The molecular weight excluding hydrogens is 319 g/mol. The van der Waals surface area contributed by atoms with Gasteiger partial charge in [0, 0.05) is 39.5 Å². The van der Waals surface area contributed by atoms with Gasteiger partial charge in [-0.25, -0.2) is 4.98 Å². The lowest BCUT2D eigenvalue weighted by Gasteiger charge is -2.13. The van der Waals surface area contributed by atoms with Gasteiger partial charge in [0.2, 0.25) is 5.91 Å². The molecular formula is C12H18F3N5OS. The van der Waals surface area contributed by atoms with E-state index in [4.69, 9.17) is 0 Å². The highest BCUT2D eigenvalue weighted by atomic mass is 32.1. The van der Waals surface area contributed by atoms with Crippen LogP contribution in [-0.4, -0.2) is 49.4 Å². The molecule has 0 aliphatic heterocycles. The maximum atomic E-state index is 12.4. The van der Waals surface area contributed by atoms with Crippen LogP contribution < -0.4 is 10.6 Å². The van der Waals surface area contributed by atoms with Gasteiger partial charge in [-0.15, -0.1) is 11.3 Å². The Morgan fingerprint density at radius 2 is 2.09 bits per heavy atom. The van der Waals surface area contributed by atoms with E-state index in [1.165, 1.54) is 11.9 Å². The molecule has 0 saturated heterocycles. The molecule has 0 bridgehead atoms. The molecule has 1 heterocycles. The third-order valence-electron chi connectivity index (χ3n) is 2.60. The van der Waals surface area contributed by atoms with Crippen LogP contribution in [0.3, 0.4) is 0 Å². The van der Waals surface area contributed by atoms with Crippen LogP contribution in [-0.2, 0) is 17.5 Å². The molecule has 0 saturated carbocycles. The van der Waals surface area contributed by atoms with Gasteiger partial charge in [0.25, 0.3) is 0 Å². The Kier molecular flexibility index (Phi) is 6.60. The number of carbonyl (C=O) groups is 1. The molecule has 1 amide bonds. The van der Waals surface area contributed by atoms with Gasteiger partial charge in [-0.3, -0.25) is 9.79 Å². The molecule has 124 valence electrons. The minimum atomic E-state index is -4.43. The van der Waals surface area contributed by atoms with Crippen molar-refractivity contribution >= 4 is 23.2 Å². The highest BCUT2D eigenvalue weighted by molar-refractivity contribution is 7.09. The SMILES string of the molecule is CN=C(NCCC(=O)N(C)C)NCc1nc(C(F)(F)F)cs1. The number of hydrogen-bond donors (Lipinski definition) is 2. The maximum Gasteiger partial charge on any atom is 0.434 e. The van der Waals surface area contributed by atoms with Crippen LogP contribution >= 0.6 is 11.3 Å². The van der Waals surface area contributed by atoms with Gasteiger partial charge in [0.1, 0.15) is 5.01 Å². The van der Waals surface area contributed by atoms with Crippen LogP contribution in [0.15, 0.2) is 10.4 Å². The van der Waals surface area contributed by atoms with E-state index in [0.717, 1.165) is 16.7 Å². The molecule has 2 N–H and O–H groups in total. The number of nitrogens with one attached hydrogen (secondary N) is 2. The Balaban J connectivity index is 2.41. The average molecular weight is 337 g/mol. The molecule has 1 aromatic rings. The first-order valence-electron chi connectivity index (χ1n) is 6.40. The maximum absolute atomic E-state index is 12.4. The van der Waals surface area contributed by atoms with Gasteiger partial charge in [-0.2, -0.15) is 13.2 Å². The Labute approximate surface area is 130 Å². The molecule has 0 unspecified atom stereocenters. The molecule has 0 aliphatic rings. The molecule has 10 heteroatoms. The number of aliphatic imine (C=N–C) groups is 1. The molecule has 6 nitrogen and oxygen atoms in total. The number of guanidine groups is 1. The van der Waals surface area contributed by atoms with E-state index in [9.17, 15) is 18.0 Å². The minimum Gasteiger partial charge on any atom is -0.356 e. The molecule has 22 heavy (non-hydrogen) atoms. The largest absolute Gasteiger partial charge is 0.434 e. The number of alkyl halides is 3. The lowest BCUT2D eigenvalue weighted by Crippen LogP contribution is -2.38. The van der Waals surface area contributed by atoms with E-state index >= 15 is 0 Å². The van der Waals surface area contributed by atoms with Crippen molar-refractivity contribution in [3.63, 3.8) is 0 Å². The fraction of sp³-hybridized carbons (Fsp3) is 0.583. The zero-order chi connectivity index (χ0) is 16.8. The summed E-state index contributed by atoms with van der Waals surface area (Å²) < 4.78 is 37.3. The Bertz CT molecular complexity index is 527. The third-order valence-corrected chi connectivity index (χ3v) is 3.45. The van der Waals surface area contributed by atoms with E-state index in [2.05, 4.69) is 20.6 Å². The molecule has 0 aliphatic carbocycles. The molecule has 1 aromatic heterocycles. The third kappa shape index (κ3) is 5.88. The second kappa shape index (κ2) is 7.97. The fourth-order valence-corrected chi connectivity index (χ4v) is 2.15. The molecule has 1 rings (SSSR count). The van der Waals surface area contributed by atoms with Crippen molar-refractivity contribution in [1.82, 2.24) is 20.5 Å². The number of halogens is 3. The fourth-order valence-electron chi connectivity index (χ4n) is 1.41. The molecule has 0 fully saturated rings. The first-order chi connectivity index (χ1) is 10.2. The smallest absolute Gasteiger partial charge is 0.356 e. The molecule has 0 spiro atoms. The summed E-state index contributed by atoms with van der Waals surface area (Å²) in [6, 6.07) is 0. The Hall–Kier alpha value is -1.84. The van der Waals surface area contributed by atoms with E-state index in [1.54, 1.807) is 14.1 Å². The molecule has 0 aromatic carbocycles. The minimum absolute atomic E-state index is 0.0299. The number of hydrogen-bond acceptors (Lipinski definition) is 4. The summed E-state index contributed by atoms with van der Waals surface area (Å²) >= 11 is 0.924. The van der Waals surface area contributed by atoms with Gasteiger partial charge in [0.15, 0.2) is 11.7 Å². The van der Waals surface area contributed by atoms with E-state index in [-0.39, 0.29) is 12.5 Å². The summed E-state index contributed by atoms with van der Waals surface area (Å²) in [5, 5.41) is 7.04. The number of carbonyl (C=O) groups excluding carboxylic acids is 1. The lowest BCUT2D eigenvalue weighted by molar-refractivity contribution is -0.140. The number of nitrogens with zero attached hydrogens (tertiary/aromatic N) is 3. The standard InChI is InChI=1S/C12H18F3N5OS/c1-16-11(17-5-4-10(21)20(2)3)18-6-9-19-8(7-22-9)12(13,14)15/h7H,4-6H2,1-3H3,(H2,16,17,18). The highest BCUT2D eigenvalue weighted by Gasteiger charge is 2.33. The summed E-state index contributed by atoms with van der Waals surface area (Å²) in [4.78, 5) is 20.3. The van der Waals surface area contributed by atoms with Gasteiger partial charge in [-0.1, -0.05) is 0 Å². The van der Waals surface area contributed by atoms with Gasteiger partial charge >= 0.3 is 6.18 Å². The van der Waals surface area contributed by atoms with Crippen LogP contribution in [0, 0.1) is 0 Å². The highest BCUT2D eigenvalue weighted by Crippen LogP contribution is 2.29. The topological polar surface area (TPSA) is 69.6 Å². The van der Waals surface area contributed by atoms with Crippen LogP contribution in [0.2, 0.25) is 0 Å². The second-order valence-electron chi connectivity index (χ2n) is 4.51. The monoisotopic (exact) mass is 337 g/mol. The molecule has 0 radical (unpaired) electrons. The predicted octanol–water partition coefficient (Wildman–Crippen LogP) is 1.31. The molecule has 0 atom stereocenters. The van der Waals surface area contributed by atoms with Crippen molar-refractivity contribution in [3.8, 4) is 0 Å².